The number of amides is 2. The number of fused-ring (bicyclic) bond motifs is 2. The number of nitrogens with zero attached hydrogens (tertiary/aromatic N) is 6. The Hall–Kier alpha value is -3.66. The van der Waals surface area contributed by atoms with Crippen LogP contribution in [-0.4, -0.2) is 59.2 Å². The van der Waals surface area contributed by atoms with Crippen molar-refractivity contribution >= 4 is 17.6 Å². The maximum atomic E-state index is 12.9. The minimum absolute atomic E-state index is 0.0871. The molecule has 0 aliphatic carbocycles. The van der Waals surface area contributed by atoms with Gasteiger partial charge in [-0.15, -0.1) is 10.2 Å². The Morgan fingerprint density at radius 2 is 2.09 bits per heavy atom. The number of nitrogens with one attached hydrogen (secondary N) is 1. The molecule has 3 aromatic rings. The number of aliphatic hydroxyl groups excluding tert-OH is 1. The van der Waals surface area contributed by atoms with Crippen LogP contribution in [0.2, 0.25) is 0 Å². The third-order valence-electron chi connectivity index (χ3n) is 6.36. The summed E-state index contributed by atoms with van der Waals surface area (Å²) in [6.45, 7) is 4.71. The number of aromatic nitrogens is 5. The predicted octanol–water partition coefficient (Wildman–Crippen LogP) is 2.15. The molecule has 0 radical (unpaired) electrons. The number of hydrogen-bond acceptors (Lipinski definition) is 7. The van der Waals surface area contributed by atoms with Crippen LogP contribution in [0, 0.1) is 0 Å². The summed E-state index contributed by atoms with van der Waals surface area (Å²) in [5.41, 5.74) is 2.82. The molecule has 0 saturated carbocycles. The molecule has 2 N–H and O–H groups in total. The van der Waals surface area contributed by atoms with Gasteiger partial charge in [0.15, 0.2) is 5.82 Å². The maximum Gasteiger partial charge on any atom is 0.275 e. The van der Waals surface area contributed by atoms with Crippen molar-refractivity contribution in [1.29, 1.82) is 0 Å². The molecule has 0 bridgehead atoms. The molecule has 176 valence electrons. The van der Waals surface area contributed by atoms with Crippen molar-refractivity contribution in [3.05, 3.63) is 53.1 Å². The number of anilines is 1. The topological polar surface area (TPSA) is 126 Å². The van der Waals surface area contributed by atoms with Crippen LogP contribution in [0.25, 0.3) is 11.5 Å². The van der Waals surface area contributed by atoms with E-state index in [0.29, 0.717) is 42.9 Å². The molecular formula is C24H27N7O3. The van der Waals surface area contributed by atoms with E-state index < -0.39 is 6.10 Å². The van der Waals surface area contributed by atoms with Gasteiger partial charge in [0.1, 0.15) is 23.0 Å². The van der Waals surface area contributed by atoms with Crippen molar-refractivity contribution in [1.82, 2.24) is 29.6 Å². The van der Waals surface area contributed by atoms with E-state index in [-0.39, 0.29) is 23.9 Å². The Labute approximate surface area is 197 Å². The zero-order valence-electron chi connectivity index (χ0n) is 19.2. The lowest BCUT2D eigenvalue weighted by Gasteiger charge is -2.29. The molecule has 2 aliphatic rings. The van der Waals surface area contributed by atoms with E-state index >= 15 is 0 Å². The molecule has 0 fully saturated rings. The van der Waals surface area contributed by atoms with Gasteiger partial charge in [-0.05, 0) is 56.0 Å². The fraction of sp³-hybridized carbons (Fsp3) is 0.417. The van der Waals surface area contributed by atoms with Gasteiger partial charge in [0, 0.05) is 31.7 Å². The fourth-order valence-corrected chi connectivity index (χ4v) is 4.56. The van der Waals surface area contributed by atoms with E-state index in [1.54, 1.807) is 30.2 Å². The van der Waals surface area contributed by atoms with E-state index in [0.717, 1.165) is 29.8 Å². The molecule has 3 aromatic heterocycles. The normalized spacial score (nSPS) is 17.7. The molecule has 0 unspecified atom stereocenters. The molecule has 34 heavy (non-hydrogen) atoms. The van der Waals surface area contributed by atoms with Crippen molar-refractivity contribution in [2.45, 2.75) is 58.2 Å². The lowest BCUT2D eigenvalue weighted by molar-refractivity contribution is -0.133. The van der Waals surface area contributed by atoms with Gasteiger partial charge in [-0.2, -0.15) is 0 Å². The van der Waals surface area contributed by atoms with Gasteiger partial charge in [-0.25, -0.2) is 4.98 Å². The highest BCUT2D eigenvalue weighted by molar-refractivity contribution is 6.02. The summed E-state index contributed by atoms with van der Waals surface area (Å²) in [7, 11) is 0. The van der Waals surface area contributed by atoms with Gasteiger partial charge < -0.3 is 19.9 Å². The average Bonchev–Trinajstić information content (AvgIpc) is 3.41. The van der Waals surface area contributed by atoms with Gasteiger partial charge in [0.25, 0.3) is 5.91 Å². The van der Waals surface area contributed by atoms with Crippen molar-refractivity contribution in [2.75, 3.05) is 11.9 Å². The SMILES string of the molecule is C[C@H](O)CC(=O)N1CCc2cnc(C(=O)Nc3cccc(-c4nnc5n4[C@@H](C)CC5)n3)cc2C1. The predicted molar refractivity (Wildman–Crippen MR) is 124 cm³/mol. The lowest BCUT2D eigenvalue weighted by Crippen LogP contribution is -2.37. The van der Waals surface area contributed by atoms with Gasteiger partial charge in [-0.1, -0.05) is 6.07 Å². The van der Waals surface area contributed by atoms with Crippen LogP contribution in [0.3, 0.4) is 0 Å². The minimum Gasteiger partial charge on any atom is -0.393 e. The zero-order chi connectivity index (χ0) is 23.8. The van der Waals surface area contributed by atoms with Crippen LogP contribution in [0.15, 0.2) is 30.5 Å². The Bertz CT molecular complexity index is 1250. The summed E-state index contributed by atoms with van der Waals surface area (Å²) in [6, 6.07) is 7.44. The summed E-state index contributed by atoms with van der Waals surface area (Å²) < 4.78 is 2.10. The highest BCUT2D eigenvalue weighted by atomic mass is 16.3. The van der Waals surface area contributed by atoms with E-state index in [1.165, 1.54) is 0 Å². The van der Waals surface area contributed by atoms with Gasteiger partial charge in [-0.3, -0.25) is 14.6 Å². The van der Waals surface area contributed by atoms with Gasteiger partial charge in [0.05, 0.1) is 12.5 Å². The number of aliphatic hydroxyl groups is 1. The van der Waals surface area contributed by atoms with E-state index in [4.69, 9.17) is 0 Å². The fourth-order valence-electron chi connectivity index (χ4n) is 4.56. The molecule has 5 heterocycles. The molecule has 0 saturated heterocycles. The number of aryl methyl sites for hydroxylation is 1. The maximum absolute atomic E-state index is 12.9. The summed E-state index contributed by atoms with van der Waals surface area (Å²) >= 11 is 0. The Kier molecular flexibility index (Phi) is 5.82. The van der Waals surface area contributed by atoms with Crippen molar-refractivity contribution in [3.63, 3.8) is 0 Å². The number of carbonyl (C=O) groups is 2. The van der Waals surface area contributed by atoms with Crippen LogP contribution < -0.4 is 5.32 Å². The third-order valence-corrected chi connectivity index (χ3v) is 6.36. The van der Waals surface area contributed by atoms with Crippen molar-refractivity contribution < 1.29 is 14.7 Å². The molecule has 2 amide bonds. The van der Waals surface area contributed by atoms with Crippen LogP contribution in [0.1, 0.15) is 60.2 Å². The monoisotopic (exact) mass is 461 g/mol. The summed E-state index contributed by atoms with van der Waals surface area (Å²) in [5.74, 6) is 1.58. The van der Waals surface area contributed by atoms with E-state index in [2.05, 4.69) is 37.0 Å². The van der Waals surface area contributed by atoms with Gasteiger partial charge >= 0.3 is 0 Å². The molecule has 2 atom stereocenters. The van der Waals surface area contributed by atoms with E-state index in [1.807, 2.05) is 12.1 Å². The van der Waals surface area contributed by atoms with Gasteiger partial charge in [0.2, 0.25) is 5.91 Å². The highest BCUT2D eigenvalue weighted by Gasteiger charge is 2.26. The molecule has 10 nitrogen and oxygen atoms in total. The number of carbonyl (C=O) groups excluding carboxylic acids is 2. The smallest absolute Gasteiger partial charge is 0.275 e. The molecule has 2 aliphatic heterocycles. The van der Waals surface area contributed by atoms with Crippen molar-refractivity contribution in [3.8, 4) is 11.5 Å². The van der Waals surface area contributed by atoms with Crippen LogP contribution >= 0.6 is 0 Å². The Morgan fingerprint density at radius 1 is 1.24 bits per heavy atom. The Morgan fingerprint density at radius 3 is 2.91 bits per heavy atom. The molecule has 0 aromatic carbocycles. The van der Waals surface area contributed by atoms with Crippen molar-refractivity contribution in [2.24, 2.45) is 0 Å². The second-order valence-electron chi connectivity index (χ2n) is 9.02. The summed E-state index contributed by atoms with van der Waals surface area (Å²) in [5, 5.41) is 20.9. The number of hydrogen-bond donors (Lipinski definition) is 2. The first-order valence-electron chi connectivity index (χ1n) is 11.5. The first kappa shape index (κ1) is 22.1. The molecular weight excluding hydrogens is 434 g/mol. The summed E-state index contributed by atoms with van der Waals surface area (Å²) in [6.07, 6.45) is 3.70. The van der Waals surface area contributed by atoms with Crippen LogP contribution in [0.4, 0.5) is 5.82 Å². The summed E-state index contributed by atoms with van der Waals surface area (Å²) in [4.78, 5) is 35.9. The quantitative estimate of drug-likeness (QED) is 0.596. The highest BCUT2D eigenvalue weighted by Crippen LogP contribution is 2.30. The van der Waals surface area contributed by atoms with Crippen LogP contribution in [0.5, 0.6) is 0 Å². The molecule has 10 heteroatoms. The zero-order valence-corrected chi connectivity index (χ0v) is 19.2. The second-order valence-corrected chi connectivity index (χ2v) is 9.02. The standard InChI is InChI=1S/C24H27N7O3/c1-14-6-7-21-28-29-23(31(14)21)18-4-3-5-20(26-18)27-24(34)19-11-17-13-30(22(33)10-15(2)32)9-8-16(17)12-25-19/h3-5,11-12,14-15,32H,6-10,13H2,1-2H3,(H,26,27,34)/t14-,15-/m0/s1. The minimum atomic E-state index is -0.682. The second kappa shape index (κ2) is 8.94. The first-order chi connectivity index (χ1) is 16.4. The molecule has 0 spiro atoms. The average molecular weight is 462 g/mol. The third kappa shape index (κ3) is 4.28. The lowest BCUT2D eigenvalue weighted by atomic mass is 10.0. The molecule has 5 rings (SSSR count). The first-order valence-corrected chi connectivity index (χ1v) is 11.5. The largest absolute Gasteiger partial charge is 0.393 e. The Balaban J connectivity index is 1.32. The van der Waals surface area contributed by atoms with E-state index in [9.17, 15) is 14.7 Å². The van der Waals surface area contributed by atoms with Crippen LogP contribution in [-0.2, 0) is 24.2 Å². The number of rotatable bonds is 5. The number of pyridine rings is 2.